The van der Waals surface area contributed by atoms with Crippen LogP contribution in [0.2, 0.25) is 0 Å². The van der Waals surface area contributed by atoms with E-state index in [0.29, 0.717) is 23.5 Å². The van der Waals surface area contributed by atoms with Crippen LogP contribution in [-0.2, 0) is 29.1 Å². The number of ether oxygens (including phenoxy) is 2. The number of halogens is 1. The molecule has 7 heteroatoms. The zero-order valence-corrected chi connectivity index (χ0v) is 21.4. The first kappa shape index (κ1) is 26.0. The molecule has 1 aliphatic heterocycles. The number of amides is 2. The number of benzene rings is 4. The van der Waals surface area contributed by atoms with Gasteiger partial charge in [-0.1, -0.05) is 78.9 Å². The van der Waals surface area contributed by atoms with Gasteiger partial charge in [0.25, 0.3) is 0 Å². The fourth-order valence-electron chi connectivity index (χ4n) is 4.59. The summed E-state index contributed by atoms with van der Waals surface area (Å²) in [6.07, 6.45) is 0.768. The Bertz CT molecular complexity index is 1410. The largest absolute Gasteiger partial charge is 0.454 e. The third-order valence-electron chi connectivity index (χ3n) is 6.64. The number of hydrogen-bond donors (Lipinski definition) is 1. The minimum absolute atomic E-state index is 0.158. The first-order valence-electron chi connectivity index (χ1n) is 12.9. The van der Waals surface area contributed by atoms with Gasteiger partial charge in [0, 0.05) is 19.5 Å². The van der Waals surface area contributed by atoms with Gasteiger partial charge >= 0.3 is 0 Å². The molecule has 4 aromatic rings. The Morgan fingerprint density at radius 1 is 0.795 bits per heavy atom. The number of carbonyl (C=O) groups is 2. The minimum Gasteiger partial charge on any atom is -0.454 e. The van der Waals surface area contributed by atoms with E-state index in [2.05, 4.69) is 5.32 Å². The molecule has 1 atom stereocenters. The molecule has 1 unspecified atom stereocenters. The van der Waals surface area contributed by atoms with Crippen LogP contribution in [0.1, 0.15) is 34.7 Å². The van der Waals surface area contributed by atoms with Crippen molar-refractivity contribution < 1.29 is 23.5 Å². The average molecular weight is 525 g/mol. The number of hydrogen-bond acceptors (Lipinski definition) is 4. The lowest BCUT2D eigenvalue weighted by atomic mass is 10.0. The normalized spacial score (nSPS) is 12.5. The average Bonchev–Trinajstić information content (AvgIpc) is 3.45. The molecule has 0 bridgehead atoms. The summed E-state index contributed by atoms with van der Waals surface area (Å²) in [7, 11) is 0. The summed E-state index contributed by atoms with van der Waals surface area (Å²) >= 11 is 0. The summed E-state index contributed by atoms with van der Waals surface area (Å²) < 4.78 is 24.5. The predicted octanol–water partition coefficient (Wildman–Crippen LogP) is 5.57. The molecule has 0 aromatic heterocycles. The summed E-state index contributed by atoms with van der Waals surface area (Å²) in [6.45, 7) is 0.580. The highest BCUT2D eigenvalue weighted by atomic mass is 19.1. The van der Waals surface area contributed by atoms with E-state index >= 15 is 0 Å². The number of rotatable bonds is 10. The van der Waals surface area contributed by atoms with E-state index in [4.69, 9.17) is 9.47 Å². The van der Waals surface area contributed by atoms with E-state index in [0.717, 1.165) is 16.7 Å². The molecule has 0 saturated heterocycles. The van der Waals surface area contributed by atoms with Gasteiger partial charge in [-0.3, -0.25) is 9.59 Å². The number of nitrogens with zero attached hydrogens (tertiary/aromatic N) is 1. The maximum absolute atomic E-state index is 13.8. The molecule has 0 fully saturated rings. The van der Waals surface area contributed by atoms with E-state index in [1.54, 1.807) is 17.0 Å². The fraction of sp³-hybridized carbons (Fsp3) is 0.188. The van der Waals surface area contributed by atoms with Gasteiger partial charge in [-0.15, -0.1) is 0 Å². The van der Waals surface area contributed by atoms with E-state index in [1.165, 1.54) is 12.1 Å². The Hall–Kier alpha value is -4.65. The van der Waals surface area contributed by atoms with Gasteiger partial charge in [0.2, 0.25) is 18.6 Å². The Morgan fingerprint density at radius 2 is 1.46 bits per heavy atom. The highest BCUT2D eigenvalue weighted by Crippen LogP contribution is 2.32. The van der Waals surface area contributed by atoms with Crippen molar-refractivity contribution >= 4 is 11.8 Å². The number of aryl methyl sites for hydroxylation is 1. The highest BCUT2D eigenvalue weighted by molar-refractivity contribution is 5.88. The number of fused-ring (bicyclic) bond motifs is 1. The topological polar surface area (TPSA) is 67.9 Å². The second-order valence-electron chi connectivity index (χ2n) is 9.35. The van der Waals surface area contributed by atoms with Gasteiger partial charge in [-0.25, -0.2) is 4.39 Å². The van der Waals surface area contributed by atoms with Crippen LogP contribution in [0.3, 0.4) is 0 Å². The van der Waals surface area contributed by atoms with Crippen LogP contribution < -0.4 is 14.8 Å². The van der Waals surface area contributed by atoms with E-state index in [9.17, 15) is 14.0 Å². The van der Waals surface area contributed by atoms with Crippen molar-refractivity contribution in [3.05, 3.63) is 131 Å². The monoisotopic (exact) mass is 524 g/mol. The fourth-order valence-corrected chi connectivity index (χ4v) is 4.59. The molecule has 4 aromatic carbocycles. The molecule has 1 heterocycles. The van der Waals surface area contributed by atoms with E-state index in [1.807, 2.05) is 78.9 Å². The van der Waals surface area contributed by atoms with Crippen molar-refractivity contribution in [2.75, 3.05) is 6.79 Å². The first-order valence-corrected chi connectivity index (χ1v) is 12.9. The molecule has 1 N–H and O–H groups in total. The molecule has 0 radical (unpaired) electrons. The Balaban J connectivity index is 1.41. The Morgan fingerprint density at radius 3 is 2.21 bits per heavy atom. The van der Waals surface area contributed by atoms with Crippen LogP contribution in [0.5, 0.6) is 11.5 Å². The van der Waals surface area contributed by atoms with Crippen LogP contribution >= 0.6 is 0 Å². The molecule has 6 nitrogen and oxygen atoms in total. The predicted molar refractivity (Wildman–Crippen MR) is 145 cm³/mol. The zero-order valence-electron chi connectivity index (χ0n) is 21.4. The van der Waals surface area contributed by atoms with Crippen molar-refractivity contribution in [1.29, 1.82) is 0 Å². The molecule has 0 saturated carbocycles. The molecule has 39 heavy (non-hydrogen) atoms. The van der Waals surface area contributed by atoms with Gasteiger partial charge in [0.15, 0.2) is 11.5 Å². The summed E-state index contributed by atoms with van der Waals surface area (Å²) in [4.78, 5) is 29.1. The molecule has 0 spiro atoms. The lowest BCUT2D eigenvalue weighted by Gasteiger charge is -2.32. The van der Waals surface area contributed by atoms with Crippen LogP contribution in [0.25, 0.3) is 0 Å². The van der Waals surface area contributed by atoms with Crippen molar-refractivity contribution in [2.24, 2.45) is 0 Å². The van der Waals surface area contributed by atoms with Crippen molar-refractivity contribution in [3.8, 4) is 11.5 Å². The van der Waals surface area contributed by atoms with Crippen LogP contribution in [0, 0.1) is 5.82 Å². The molecule has 2 amide bonds. The van der Waals surface area contributed by atoms with Gasteiger partial charge in [0.1, 0.15) is 11.9 Å². The van der Waals surface area contributed by atoms with Crippen molar-refractivity contribution in [3.63, 3.8) is 0 Å². The first-order chi connectivity index (χ1) is 19.1. The minimum atomic E-state index is -0.881. The molecular formula is C32H29FN2O4. The van der Waals surface area contributed by atoms with E-state index < -0.39 is 6.04 Å². The van der Waals surface area contributed by atoms with Gasteiger partial charge in [-0.05, 0) is 52.9 Å². The number of nitrogens with one attached hydrogen (secondary N) is 1. The SMILES string of the molecule is O=C(NCc1ccc2c(c1)OCO2)C(c1ccccc1)N(Cc1ccc(F)cc1)C(=O)CCc1ccccc1. The molecule has 198 valence electrons. The van der Waals surface area contributed by atoms with Crippen molar-refractivity contribution in [2.45, 2.75) is 32.0 Å². The summed E-state index contributed by atoms with van der Waals surface area (Å²) in [5.74, 6) is 0.461. The summed E-state index contributed by atoms with van der Waals surface area (Å²) in [6, 6.07) is 29.6. The molecule has 5 rings (SSSR count). The molecule has 1 aliphatic rings. The number of carbonyl (C=O) groups excluding carboxylic acids is 2. The standard InChI is InChI=1S/C32H29FN2O4/c33-27-15-11-24(12-16-27)21-35(30(36)18-14-23-7-3-1-4-8-23)31(26-9-5-2-6-10-26)32(37)34-20-25-13-17-28-29(19-25)39-22-38-28/h1-13,15-17,19,31H,14,18,20-22H2,(H,34,37). The van der Waals surface area contributed by atoms with Gasteiger partial charge in [-0.2, -0.15) is 0 Å². The van der Waals surface area contributed by atoms with Crippen LogP contribution in [0.4, 0.5) is 4.39 Å². The van der Waals surface area contributed by atoms with Crippen LogP contribution in [0.15, 0.2) is 103 Å². The highest BCUT2D eigenvalue weighted by Gasteiger charge is 2.31. The van der Waals surface area contributed by atoms with Crippen molar-refractivity contribution in [1.82, 2.24) is 10.2 Å². The van der Waals surface area contributed by atoms with E-state index in [-0.39, 0.29) is 43.9 Å². The third-order valence-corrected chi connectivity index (χ3v) is 6.64. The lowest BCUT2D eigenvalue weighted by Crippen LogP contribution is -2.43. The maximum Gasteiger partial charge on any atom is 0.247 e. The second kappa shape index (κ2) is 12.3. The maximum atomic E-state index is 13.8. The second-order valence-corrected chi connectivity index (χ2v) is 9.35. The summed E-state index contributed by atoms with van der Waals surface area (Å²) in [5, 5.41) is 3.00. The summed E-state index contributed by atoms with van der Waals surface area (Å²) in [5.41, 5.74) is 3.31. The molecule has 0 aliphatic carbocycles. The smallest absolute Gasteiger partial charge is 0.247 e. The van der Waals surface area contributed by atoms with Crippen LogP contribution in [-0.4, -0.2) is 23.5 Å². The zero-order chi connectivity index (χ0) is 27.0. The molecular weight excluding hydrogens is 495 g/mol. The lowest BCUT2D eigenvalue weighted by molar-refractivity contribution is -0.141. The Kier molecular flexibility index (Phi) is 8.17. The quantitative estimate of drug-likeness (QED) is 0.294. The van der Waals surface area contributed by atoms with Gasteiger partial charge in [0.05, 0.1) is 0 Å². The Labute approximate surface area is 227 Å². The van der Waals surface area contributed by atoms with Gasteiger partial charge < -0.3 is 19.7 Å². The third kappa shape index (κ3) is 6.62.